The van der Waals surface area contributed by atoms with Crippen LogP contribution in [0, 0.1) is 5.82 Å². The minimum absolute atomic E-state index is 0.187. The molecule has 1 atom stereocenters. The molecule has 88 valence electrons. The van der Waals surface area contributed by atoms with Crippen LogP contribution in [0.15, 0.2) is 22.7 Å². The highest BCUT2D eigenvalue weighted by Gasteiger charge is 2.22. The van der Waals surface area contributed by atoms with Gasteiger partial charge in [0, 0.05) is 23.6 Å². The Morgan fingerprint density at radius 3 is 2.94 bits per heavy atom. The molecule has 1 unspecified atom stereocenters. The van der Waals surface area contributed by atoms with Crippen molar-refractivity contribution in [2.24, 2.45) is 5.73 Å². The molecule has 0 amide bonds. The Kier molecular flexibility index (Phi) is 3.95. The third-order valence-electron chi connectivity index (χ3n) is 3.08. The van der Waals surface area contributed by atoms with Crippen LogP contribution in [0.1, 0.15) is 18.4 Å². The Hall–Kier alpha value is -0.450. The smallest absolute Gasteiger partial charge is 0.124 e. The second-order valence-corrected chi connectivity index (χ2v) is 5.20. The van der Waals surface area contributed by atoms with Gasteiger partial charge in [-0.3, -0.25) is 4.90 Å². The van der Waals surface area contributed by atoms with Gasteiger partial charge < -0.3 is 5.73 Å². The van der Waals surface area contributed by atoms with E-state index in [0.29, 0.717) is 12.6 Å². The van der Waals surface area contributed by atoms with Crippen LogP contribution in [0.2, 0.25) is 0 Å². The summed E-state index contributed by atoms with van der Waals surface area (Å²) in [6.07, 6.45) is 2.35. The van der Waals surface area contributed by atoms with Crippen LogP contribution in [0.5, 0.6) is 0 Å². The zero-order chi connectivity index (χ0) is 11.5. The molecule has 0 aliphatic carbocycles. The Morgan fingerprint density at radius 1 is 1.44 bits per heavy atom. The van der Waals surface area contributed by atoms with E-state index < -0.39 is 0 Å². The molecule has 1 heterocycles. The lowest BCUT2D eigenvalue weighted by Gasteiger charge is -2.23. The molecule has 0 saturated carbocycles. The number of halogens is 2. The van der Waals surface area contributed by atoms with Crippen LogP contribution in [-0.2, 0) is 6.54 Å². The van der Waals surface area contributed by atoms with Crippen molar-refractivity contribution in [1.29, 1.82) is 0 Å². The van der Waals surface area contributed by atoms with Crippen LogP contribution in [-0.4, -0.2) is 24.0 Å². The van der Waals surface area contributed by atoms with E-state index in [1.807, 2.05) is 6.07 Å². The molecular formula is C12H16BrFN2. The summed E-state index contributed by atoms with van der Waals surface area (Å²) < 4.78 is 14.0. The fourth-order valence-corrected chi connectivity index (χ4v) is 2.82. The van der Waals surface area contributed by atoms with Gasteiger partial charge in [-0.2, -0.15) is 0 Å². The molecule has 16 heavy (non-hydrogen) atoms. The van der Waals surface area contributed by atoms with E-state index in [1.165, 1.54) is 12.5 Å². The standard InChI is InChI=1S/C12H16BrFN2/c13-10-4-9(5-11(14)6-10)8-16-3-1-2-12(16)7-15/h4-6,12H,1-3,7-8,15H2. The number of benzene rings is 1. The van der Waals surface area contributed by atoms with Gasteiger partial charge in [-0.1, -0.05) is 15.9 Å². The molecule has 1 fully saturated rings. The van der Waals surface area contributed by atoms with Gasteiger partial charge >= 0.3 is 0 Å². The van der Waals surface area contributed by atoms with Gasteiger partial charge in [0.15, 0.2) is 0 Å². The maximum atomic E-state index is 13.2. The number of nitrogens with zero attached hydrogens (tertiary/aromatic N) is 1. The first kappa shape index (κ1) is 12.0. The Bertz CT molecular complexity index is 350. The van der Waals surface area contributed by atoms with Crippen molar-refractivity contribution < 1.29 is 4.39 Å². The van der Waals surface area contributed by atoms with Crippen molar-refractivity contribution in [3.63, 3.8) is 0 Å². The first-order valence-electron chi connectivity index (χ1n) is 5.58. The summed E-state index contributed by atoms with van der Waals surface area (Å²) in [6, 6.07) is 5.50. The lowest BCUT2D eigenvalue weighted by Crippen LogP contribution is -2.34. The topological polar surface area (TPSA) is 29.3 Å². The third-order valence-corrected chi connectivity index (χ3v) is 3.54. The van der Waals surface area contributed by atoms with Crippen molar-refractivity contribution in [1.82, 2.24) is 4.90 Å². The van der Waals surface area contributed by atoms with Crippen molar-refractivity contribution in [3.05, 3.63) is 34.1 Å². The maximum absolute atomic E-state index is 13.2. The number of hydrogen-bond acceptors (Lipinski definition) is 2. The summed E-state index contributed by atoms with van der Waals surface area (Å²) in [5.41, 5.74) is 6.72. The Labute approximate surface area is 104 Å². The molecule has 1 aliphatic rings. The second-order valence-electron chi connectivity index (χ2n) is 4.28. The summed E-state index contributed by atoms with van der Waals surface area (Å²) in [6.45, 7) is 2.55. The highest BCUT2D eigenvalue weighted by atomic mass is 79.9. The van der Waals surface area contributed by atoms with E-state index in [1.54, 1.807) is 6.07 Å². The quantitative estimate of drug-likeness (QED) is 0.925. The van der Waals surface area contributed by atoms with E-state index in [4.69, 9.17) is 5.73 Å². The number of nitrogens with two attached hydrogens (primary N) is 1. The number of rotatable bonds is 3. The molecule has 2 rings (SSSR count). The van der Waals surface area contributed by atoms with E-state index in [0.717, 1.165) is 29.5 Å². The molecule has 2 nitrogen and oxygen atoms in total. The molecule has 1 saturated heterocycles. The molecule has 0 bridgehead atoms. The zero-order valence-electron chi connectivity index (χ0n) is 9.13. The largest absolute Gasteiger partial charge is 0.329 e. The van der Waals surface area contributed by atoms with E-state index in [2.05, 4.69) is 20.8 Å². The first-order chi connectivity index (χ1) is 7.69. The molecule has 1 aromatic rings. The van der Waals surface area contributed by atoms with Crippen LogP contribution in [0.3, 0.4) is 0 Å². The van der Waals surface area contributed by atoms with Crippen molar-refractivity contribution in [2.45, 2.75) is 25.4 Å². The molecule has 1 aliphatic heterocycles. The van der Waals surface area contributed by atoms with Crippen LogP contribution in [0.25, 0.3) is 0 Å². The van der Waals surface area contributed by atoms with Crippen molar-refractivity contribution >= 4 is 15.9 Å². The van der Waals surface area contributed by atoms with Crippen LogP contribution in [0.4, 0.5) is 4.39 Å². The molecule has 1 aromatic carbocycles. The van der Waals surface area contributed by atoms with Crippen LogP contribution >= 0.6 is 15.9 Å². The minimum atomic E-state index is -0.187. The SMILES string of the molecule is NCC1CCCN1Cc1cc(F)cc(Br)c1. The van der Waals surface area contributed by atoms with Crippen molar-refractivity contribution in [2.75, 3.05) is 13.1 Å². The molecular weight excluding hydrogens is 271 g/mol. The fourth-order valence-electron chi connectivity index (χ4n) is 2.31. The van der Waals surface area contributed by atoms with E-state index in [9.17, 15) is 4.39 Å². The molecule has 4 heteroatoms. The molecule has 0 spiro atoms. The minimum Gasteiger partial charge on any atom is -0.329 e. The summed E-state index contributed by atoms with van der Waals surface area (Å²) >= 11 is 3.31. The Balaban J connectivity index is 2.08. The third kappa shape index (κ3) is 2.81. The molecule has 0 radical (unpaired) electrons. The lowest BCUT2D eigenvalue weighted by atomic mass is 10.2. The van der Waals surface area contributed by atoms with E-state index >= 15 is 0 Å². The van der Waals surface area contributed by atoms with Crippen molar-refractivity contribution in [3.8, 4) is 0 Å². The summed E-state index contributed by atoms with van der Waals surface area (Å²) in [5, 5.41) is 0. The predicted octanol–water partition coefficient (Wildman–Crippen LogP) is 2.51. The fraction of sp³-hybridized carbons (Fsp3) is 0.500. The molecule has 0 aromatic heterocycles. The highest BCUT2D eigenvalue weighted by Crippen LogP contribution is 2.21. The summed E-state index contributed by atoms with van der Waals surface area (Å²) in [7, 11) is 0. The lowest BCUT2D eigenvalue weighted by molar-refractivity contribution is 0.250. The van der Waals surface area contributed by atoms with Gasteiger partial charge in [-0.05, 0) is 43.1 Å². The Morgan fingerprint density at radius 2 is 2.25 bits per heavy atom. The normalized spacial score (nSPS) is 21.6. The molecule has 2 N–H and O–H groups in total. The van der Waals surface area contributed by atoms with Crippen LogP contribution < -0.4 is 5.73 Å². The van der Waals surface area contributed by atoms with Gasteiger partial charge in [0.25, 0.3) is 0 Å². The monoisotopic (exact) mass is 286 g/mol. The van der Waals surface area contributed by atoms with E-state index in [-0.39, 0.29) is 5.82 Å². The zero-order valence-corrected chi connectivity index (χ0v) is 10.7. The van der Waals surface area contributed by atoms with Gasteiger partial charge in [0.2, 0.25) is 0 Å². The number of likely N-dealkylation sites (tertiary alicyclic amines) is 1. The maximum Gasteiger partial charge on any atom is 0.124 e. The summed E-state index contributed by atoms with van der Waals surface area (Å²) in [4.78, 5) is 2.33. The van der Waals surface area contributed by atoms with Gasteiger partial charge in [0.05, 0.1) is 0 Å². The summed E-state index contributed by atoms with van der Waals surface area (Å²) in [5.74, 6) is -0.187. The van der Waals surface area contributed by atoms with Gasteiger partial charge in [0.1, 0.15) is 5.82 Å². The first-order valence-corrected chi connectivity index (χ1v) is 6.37. The van der Waals surface area contributed by atoms with Gasteiger partial charge in [-0.25, -0.2) is 4.39 Å². The van der Waals surface area contributed by atoms with Gasteiger partial charge in [-0.15, -0.1) is 0 Å². The average Bonchev–Trinajstić information content (AvgIpc) is 2.63. The highest BCUT2D eigenvalue weighted by molar-refractivity contribution is 9.10. The predicted molar refractivity (Wildman–Crippen MR) is 66.6 cm³/mol. The number of hydrogen-bond donors (Lipinski definition) is 1. The second kappa shape index (κ2) is 5.25. The average molecular weight is 287 g/mol.